The van der Waals surface area contributed by atoms with Crippen LogP contribution in [0.4, 0.5) is 8.78 Å². The monoisotopic (exact) mass is 243 g/mol. The highest BCUT2D eigenvalue weighted by molar-refractivity contribution is 7.99. The molecule has 0 saturated carbocycles. The van der Waals surface area contributed by atoms with E-state index in [0.29, 0.717) is 6.04 Å². The minimum absolute atomic E-state index is 0.123. The third-order valence-electron chi connectivity index (χ3n) is 2.81. The van der Waals surface area contributed by atoms with Crippen molar-refractivity contribution >= 4 is 11.8 Å². The van der Waals surface area contributed by atoms with Crippen LogP contribution in [0.5, 0.6) is 0 Å². The van der Waals surface area contributed by atoms with Crippen molar-refractivity contribution in [2.45, 2.75) is 25.4 Å². The van der Waals surface area contributed by atoms with Gasteiger partial charge in [0.2, 0.25) is 0 Å². The van der Waals surface area contributed by atoms with Crippen molar-refractivity contribution in [1.29, 1.82) is 0 Å². The molecule has 0 aliphatic carbocycles. The fourth-order valence-corrected chi connectivity index (χ4v) is 3.07. The number of hydrogen-bond acceptors (Lipinski definition) is 2. The first kappa shape index (κ1) is 11.9. The topological polar surface area (TPSA) is 12.0 Å². The van der Waals surface area contributed by atoms with Gasteiger partial charge in [0.1, 0.15) is 0 Å². The van der Waals surface area contributed by atoms with E-state index in [-0.39, 0.29) is 6.04 Å². The van der Waals surface area contributed by atoms with Crippen molar-refractivity contribution in [2.75, 3.05) is 11.5 Å². The lowest BCUT2D eigenvalue weighted by Crippen LogP contribution is -2.30. The molecule has 16 heavy (non-hydrogen) atoms. The second-order valence-corrected chi connectivity index (χ2v) is 5.31. The second-order valence-electron chi connectivity index (χ2n) is 4.16. The van der Waals surface area contributed by atoms with Crippen LogP contribution in [0.2, 0.25) is 0 Å². The number of nitrogens with one attached hydrogen (secondary N) is 1. The van der Waals surface area contributed by atoms with E-state index in [2.05, 4.69) is 12.2 Å². The van der Waals surface area contributed by atoms with Crippen LogP contribution in [0.15, 0.2) is 18.2 Å². The van der Waals surface area contributed by atoms with Gasteiger partial charge in [0.15, 0.2) is 11.6 Å². The molecule has 1 N–H and O–H groups in total. The van der Waals surface area contributed by atoms with Crippen molar-refractivity contribution in [3.05, 3.63) is 35.4 Å². The lowest BCUT2D eigenvalue weighted by molar-refractivity contribution is 0.474. The Kier molecular flexibility index (Phi) is 3.82. The average Bonchev–Trinajstić information content (AvgIpc) is 2.47. The van der Waals surface area contributed by atoms with Crippen LogP contribution in [0.3, 0.4) is 0 Å². The third kappa shape index (κ3) is 2.74. The lowest BCUT2D eigenvalue weighted by atomic mass is 10.1. The maximum atomic E-state index is 13.1. The van der Waals surface area contributed by atoms with Crippen molar-refractivity contribution in [1.82, 2.24) is 5.32 Å². The molecular formula is C12H15F2NS. The molecule has 1 aliphatic heterocycles. The summed E-state index contributed by atoms with van der Waals surface area (Å²) in [5.74, 6) is 0.489. The molecule has 0 spiro atoms. The molecule has 1 heterocycles. The van der Waals surface area contributed by atoms with Gasteiger partial charge in [0.05, 0.1) is 0 Å². The molecule has 2 atom stereocenters. The van der Waals surface area contributed by atoms with Crippen molar-refractivity contribution in [3.63, 3.8) is 0 Å². The minimum atomic E-state index is -0.780. The molecule has 1 aromatic rings. The molecule has 1 saturated heterocycles. The average molecular weight is 243 g/mol. The summed E-state index contributed by atoms with van der Waals surface area (Å²) in [5.41, 5.74) is 0.833. The standard InChI is InChI=1S/C12H15F2NS/c1-8-4-5-16-7-12(15-8)9-2-3-10(13)11(14)6-9/h2-3,6,8,12,15H,4-5,7H2,1H3. The summed E-state index contributed by atoms with van der Waals surface area (Å²) in [7, 11) is 0. The van der Waals surface area contributed by atoms with Gasteiger partial charge in [-0.3, -0.25) is 0 Å². The van der Waals surface area contributed by atoms with E-state index in [1.807, 2.05) is 11.8 Å². The molecule has 1 aliphatic rings. The quantitative estimate of drug-likeness (QED) is 0.813. The summed E-state index contributed by atoms with van der Waals surface area (Å²) in [6.07, 6.45) is 1.12. The summed E-state index contributed by atoms with van der Waals surface area (Å²) >= 11 is 1.85. The van der Waals surface area contributed by atoms with Crippen LogP contribution in [0.1, 0.15) is 24.9 Å². The van der Waals surface area contributed by atoms with Gasteiger partial charge in [-0.05, 0) is 36.8 Å². The zero-order chi connectivity index (χ0) is 11.5. The molecule has 0 amide bonds. The molecule has 0 radical (unpaired) electrons. The smallest absolute Gasteiger partial charge is 0.159 e. The normalized spacial score (nSPS) is 26.4. The molecule has 0 aromatic heterocycles. The van der Waals surface area contributed by atoms with Crippen LogP contribution in [0, 0.1) is 11.6 Å². The molecule has 4 heteroatoms. The van der Waals surface area contributed by atoms with Gasteiger partial charge in [0.25, 0.3) is 0 Å². The Bertz CT molecular complexity index is 370. The predicted octanol–water partition coefficient (Wildman–Crippen LogP) is 3.12. The highest BCUT2D eigenvalue weighted by Crippen LogP contribution is 2.24. The van der Waals surface area contributed by atoms with E-state index in [9.17, 15) is 8.78 Å². The Morgan fingerprint density at radius 3 is 2.88 bits per heavy atom. The zero-order valence-electron chi connectivity index (χ0n) is 9.17. The van der Waals surface area contributed by atoms with Crippen LogP contribution >= 0.6 is 11.8 Å². The summed E-state index contributed by atoms with van der Waals surface area (Å²) in [6, 6.07) is 4.71. The predicted molar refractivity (Wildman–Crippen MR) is 63.6 cm³/mol. The molecule has 88 valence electrons. The van der Waals surface area contributed by atoms with Gasteiger partial charge in [-0.25, -0.2) is 8.78 Å². The molecular weight excluding hydrogens is 228 g/mol. The number of hydrogen-bond donors (Lipinski definition) is 1. The Morgan fingerprint density at radius 1 is 1.31 bits per heavy atom. The van der Waals surface area contributed by atoms with E-state index < -0.39 is 11.6 Å². The summed E-state index contributed by atoms with van der Waals surface area (Å²) < 4.78 is 25.9. The number of rotatable bonds is 1. The maximum absolute atomic E-state index is 13.1. The van der Waals surface area contributed by atoms with Crippen LogP contribution in [-0.4, -0.2) is 17.5 Å². The third-order valence-corrected chi connectivity index (χ3v) is 3.90. The first-order chi connectivity index (χ1) is 7.66. The fraction of sp³-hybridized carbons (Fsp3) is 0.500. The van der Waals surface area contributed by atoms with Crippen LogP contribution in [0.25, 0.3) is 0 Å². The zero-order valence-corrected chi connectivity index (χ0v) is 9.99. The molecule has 1 aromatic carbocycles. The Hall–Kier alpha value is -0.610. The van der Waals surface area contributed by atoms with Crippen LogP contribution in [-0.2, 0) is 0 Å². The van der Waals surface area contributed by atoms with Crippen molar-refractivity contribution < 1.29 is 8.78 Å². The molecule has 2 unspecified atom stereocenters. The highest BCUT2D eigenvalue weighted by Gasteiger charge is 2.19. The Labute approximate surface area is 98.6 Å². The van der Waals surface area contributed by atoms with Gasteiger partial charge in [-0.2, -0.15) is 11.8 Å². The summed E-state index contributed by atoms with van der Waals surface area (Å²) in [5, 5.41) is 3.43. The first-order valence-corrected chi connectivity index (χ1v) is 6.61. The lowest BCUT2D eigenvalue weighted by Gasteiger charge is -2.19. The van der Waals surface area contributed by atoms with Gasteiger partial charge in [-0.15, -0.1) is 0 Å². The Morgan fingerprint density at radius 2 is 2.12 bits per heavy atom. The minimum Gasteiger partial charge on any atom is -0.307 e. The first-order valence-electron chi connectivity index (χ1n) is 5.45. The fourth-order valence-electron chi connectivity index (χ4n) is 1.86. The van der Waals surface area contributed by atoms with Gasteiger partial charge in [-0.1, -0.05) is 6.07 Å². The van der Waals surface area contributed by atoms with Gasteiger partial charge < -0.3 is 5.32 Å². The largest absolute Gasteiger partial charge is 0.307 e. The number of halogens is 2. The number of benzene rings is 1. The molecule has 1 fully saturated rings. The van der Waals surface area contributed by atoms with Crippen molar-refractivity contribution in [2.24, 2.45) is 0 Å². The number of thioether (sulfide) groups is 1. The van der Waals surface area contributed by atoms with Gasteiger partial charge >= 0.3 is 0 Å². The SMILES string of the molecule is CC1CCSCC(c2ccc(F)c(F)c2)N1. The van der Waals surface area contributed by atoms with E-state index >= 15 is 0 Å². The Balaban J connectivity index is 2.18. The molecule has 2 rings (SSSR count). The van der Waals surface area contributed by atoms with Crippen molar-refractivity contribution in [3.8, 4) is 0 Å². The summed E-state index contributed by atoms with van der Waals surface area (Å²) in [4.78, 5) is 0. The highest BCUT2D eigenvalue weighted by atomic mass is 32.2. The van der Waals surface area contributed by atoms with E-state index in [1.54, 1.807) is 6.07 Å². The van der Waals surface area contributed by atoms with E-state index in [4.69, 9.17) is 0 Å². The maximum Gasteiger partial charge on any atom is 0.159 e. The molecule has 0 bridgehead atoms. The van der Waals surface area contributed by atoms with Crippen LogP contribution < -0.4 is 5.32 Å². The van der Waals surface area contributed by atoms with E-state index in [1.165, 1.54) is 12.1 Å². The summed E-state index contributed by atoms with van der Waals surface area (Å²) in [6.45, 7) is 2.12. The second kappa shape index (κ2) is 5.15. The molecule has 1 nitrogen and oxygen atoms in total. The van der Waals surface area contributed by atoms with Gasteiger partial charge in [0, 0.05) is 17.8 Å². The van der Waals surface area contributed by atoms with E-state index in [0.717, 1.165) is 23.5 Å².